The molecule has 0 unspecified atom stereocenters. The van der Waals surface area contributed by atoms with E-state index < -0.39 is 0 Å². The molecule has 2 aliphatic rings. The Labute approximate surface area is 120 Å². The molecule has 0 atom stereocenters. The van der Waals surface area contributed by atoms with E-state index >= 15 is 0 Å². The van der Waals surface area contributed by atoms with Crippen molar-refractivity contribution in [2.24, 2.45) is 5.84 Å². The minimum Gasteiger partial charge on any atom is -0.494 e. The van der Waals surface area contributed by atoms with E-state index in [0.717, 1.165) is 64.7 Å². The van der Waals surface area contributed by atoms with Crippen LogP contribution in [0, 0.1) is 0 Å². The summed E-state index contributed by atoms with van der Waals surface area (Å²) in [5.41, 5.74) is 2.60. The molecule has 5 heteroatoms. The number of hydrogen-bond acceptors (Lipinski definition) is 5. The van der Waals surface area contributed by atoms with Gasteiger partial charge in [-0.05, 0) is 29.7 Å². The monoisotopic (exact) mass is 277 g/mol. The lowest BCUT2D eigenvalue weighted by atomic mass is 10.1. The summed E-state index contributed by atoms with van der Waals surface area (Å²) < 4.78 is 11.2. The Morgan fingerprint density at radius 1 is 1.15 bits per heavy atom. The molecule has 1 aromatic carbocycles. The average molecular weight is 277 g/mol. The van der Waals surface area contributed by atoms with Crippen molar-refractivity contribution in [2.75, 3.05) is 39.5 Å². The van der Waals surface area contributed by atoms with Gasteiger partial charge in [0.1, 0.15) is 5.75 Å². The Morgan fingerprint density at radius 2 is 1.95 bits per heavy atom. The third-order valence-corrected chi connectivity index (χ3v) is 3.92. The van der Waals surface area contributed by atoms with Gasteiger partial charge in [-0.25, -0.2) is 5.01 Å². The van der Waals surface area contributed by atoms with Crippen LogP contribution < -0.4 is 10.6 Å². The van der Waals surface area contributed by atoms with Gasteiger partial charge >= 0.3 is 0 Å². The molecule has 0 bridgehead atoms. The molecule has 0 aliphatic carbocycles. The van der Waals surface area contributed by atoms with Crippen molar-refractivity contribution in [3.05, 3.63) is 29.3 Å². The van der Waals surface area contributed by atoms with E-state index in [0.29, 0.717) is 0 Å². The largest absolute Gasteiger partial charge is 0.494 e. The lowest BCUT2D eigenvalue weighted by Gasteiger charge is -2.26. The predicted molar refractivity (Wildman–Crippen MR) is 77.2 cm³/mol. The average Bonchev–Trinajstić information content (AvgIpc) is 2.84. The topological polar surface area (TPSA) is 51.0 Å². The molecular weight excluding hydrogens is 254 g/mol. The molecule has 110 valence electrons. The number of nitrogens with two attached hydrogens (primary N) is 1. The van der Waals surface area contributed by atoms with Crippen LogP contribution in [0.25, 0.3) is 0 Å². The maximum Gasteiger partial charge on any atom is 0.119 e. The zero-order chi connectivity index (χ0) is 13.8. The van der Waals surface area contributed by atoms with Crippen molar-refractivity contribution in [1.29, 1.82) is 0 Å². The fourth-order valence-electron chi connectivity index (χ4n) is 2.79. The van der Waals surface area contributed by atoms with Crippen LogP contribution in [0.2, 0.25) is 0 Å². The molecule has 2 heterocycles. The highest BCUT2D eigenvalue weighted by Crippen LogP contribution is 2.24. The van der Waals surface area contributed by atoms with Crippen molar-refractivity contribution in [2.45, 2.75) is 19.5 Å². The minimum absolute atomic E-state index is 0.766. The second-order valence-electron chi connectivity index (χ2n) is 5.49. The van der Waals surface area contributed by atoms with Gasteiger partial charge in [-0.3, -0.25) is 10.7 Å². The summed E-state index contributed by atoms with van der Waals surface area (Å²) in [6.45, 7) is 7.33. The molecule has 1 saturated heterocycles. The predicted octanol–water partition coefficient (Wildman–Crippen LogP) is 0.977. The van der Waals surface area contributed by atoms with Gasteiger partial charge in [0.2, 0.25) is 0 Å². The number of fused-ring (bicyclic) bond motifs is 1. The first-order valence-corrected chi connectivity index (χ1v) is 7.35. The van der Waals surface area contributed by atoms with Gasteiger partial charge in [-0.2, -0.15) is 0 Å². The minimum atomic E-state index is 0.766. The number of hydrazine groups is 1. The van der Waals surface area contributed by atoms with Crippen LogP contribution in [0.4, 0.5) is 0 Å². The number of benzene rings is 1. The summed E-state index contributed by atoms with van der Waals surface area (Å²) in [6.07, 6.45) is 1.06. The van der Waals surface area contributed by atoms with Crippen LogP contribution in [-0.4, -0.2) is 49.4 Å². The van der Waals surface area contributed by atoms with Crippen molar-refractivity contribution < 1.29 is 9.47 Å². The van der Waals surface area contributed by atoms with Crippen LogP contribution in [0.3, 0.4) is 0 Å². The SMILES string of the molecule is NN1Cc2ccc(OCCCN3CCOCC3)cc2C1. The van der Waals surface area contributed by atoms with Crippen LogP contribution in [0.15, 0.2) is 18.2 Å². The summed E-state index contributed by atoms with van der Waals surface area (Å²) in [4.78, 5) is 2.43. The zero-order valence-corrected chi connectivity index (χ0v) is 11.9. The highest BCUT2D eigenvalue weighted by molar-refractivity contribution is 5.37. The van der Waals surface area contributed by atoms with E-state index in [2.05, 4.69) is 17.0 Å². The molecule has 0 spiro atoms. The molecule has 0 amide bonds. The quantitative estimate of drug-likeness (QED) is 0.642. The molecule has 2 N–H and O–H groups in total. The molecule has 1 aromatic rings. The molecule has 5 nitrogen and oxygen atoms in total. The Hall–Kier alpha value is -1.14. The van der Waals surface area contributed by atoms with Gasteiger partial charge in [-0.15, -0.1) is 0 Å². The van der Waals surface area contributed by atoms with Gasteiger partial charge < -0.3 is 9.47 Å². The second kappa shape index (κ2) is 6.54. The van der Waals surface area contributed by atoms with E-state index in [9.17, 15) is 0 Å². The van der Waals surface area contributed by atoms with Gasteiger partial charge in [0.15, 0.2) is 0 Å². The van der Waals surface area contributed by atoms with Crippen LogP contribution in [0.5, 0.6) is 5.75 Å². The Balaban J connectivity index is 1.41. The maximum atomic E-state index is 5.84. The molecular formula is C15H23N3O2. The third-order valence-electron chi connectivity index (χ3n) is 3.92. The molecule has 2 aliphatic heterocycles. The number of morpholine rings is 1. The molecule has 1 fully saturated rings. The number of ether oxygens (including phenoxy) is 2. The lowest BCUT2D eigenvalue weighted by Crippen LogP contribution is -2.37. The normalized spacial score (nSPS) is 20.1. The summed E-state index contributed by atoms with van der Waals surface area (Å²) in [6, 6.07) is 6.29. The van der Waals surface area contributed by atoms with E-state index in [1.165, 1.54) is 11.1 Å². The standard InChI is InChI=1S/C15H23N3O2/c16-18-11-13-2-3-15(10-14(13)12-18)20-7-1-4-17-5-8-19-9-6-17/h2-3,10H,1,4-9,11-12,16H2. The van der Waals surface area contributed by atoms with Gasteiger partial charge in [-0.1, -0.05) is 6.07 Å². The van der Waals surface area contributed by atoms with Gasteiger partial charge in [0, 0.05) is 32.7 Å². The Morgan fingerprint density at radius 3 is 2.80 bits per heavy atom. The number of nitrogens with zero attached hydrogens (tertiary/aromatic N) is 2. The van der Waals surface area contributed by atoms with Crippen molar-refractivity contribution in [3.63, 3.8) is 0 Å². The van der Waals surface area contributed by atoms with Gasteiger partial charge in [0.25, 0.3) is 0 Å². The Bertz CT molecular complexity index is 447. The van der Waals surface area contributed by atoms with Crippen LogP contribution >= 0.6 is 0 Å². The third kappa shape index (κ3) is 3.49. The highest BCUT2D eigenvalue weighted by Gasteiger charge is 2.16. The first-order chi connectivity index (χ1) is 9.81. The molecule has 3 rings (SSSR count). The number of rotatable bonds is 5. The Kier molecular flexibility index (Phi) is 4.52. The molecule has 0 aromatic heterocycles. The van der Waals surface area contributed by atoms with Gasteiger partial charge in [0.05, 0.1) is 19.8 Å². The summed E-state index contributed by atoms with van der Waals surface area (Å²) in [7, 11) is 0. The number of hydrogen-bond donors (Lipinski definition) is 1. The second-order valence-corrected chi connectivity index (χ2v) is 5.49. The van der Waals surface area contributed by atoms with E-state index in [1.807, 2.05) is 11.1 Å². The first kappa shape index (κ1) is 13.8. The first-order valence-electron chi connectivity index (χ1n) is 7.35. The van der Waals surface area contributed by atoms with E-state index in [1.54, 1.807) is 0 Å². The fourth-order valence-corrected chi connectivity index (χ4v) is 2.79. The zero-order valence-electron chi connectivity index (χ0n) is 11.9. The fraction of sp³-hybridized carbons (Fsp3) is 0.600. The summed E-state index contributed by atoms with van der Waals surface area (Å²) in [5.74, 6) is 6.78. The lowest BCUT2D eigenvalue weighted by molar-refractivity contribution is 0.0358. The van der Waals surface area contributed by atoms with E-state index in [-0.39, 0.29) is 0 Å². The molecule has 0 radical (unpaired) electrons. The van der Waals surface area contributed by atoms with E-state index in [4.69, 9.17) is 15.3 Å². The summed E-state index contributed by atoms with van der Waals surface area (Å²) in [5, 5.41) is 1.83. The van der Waals surface area contributed by atoms with Crippen molar-refractivity contribution in [3.8, 4) is 5.75 Å². The highest BCUT2D eigenvalue weighted by atomic mass is 16.5. The molecule has 0 saturated carbocycles. The smallest absolute Gasteiger partial charge is 0.119 e. The van der Waals surface area contributed by atoms with Crippen molar-refractivity contribution >= 4 is 0 Å². The summed E-state index contributed by atoms with van der Waals surface area (Å²) >= 11 is 0. The van der Waals surface area contributed by atoms with Crippen molar-refractivity contribution in [1.82, 2.24) is 9.91 Å². The molecule has 20 heavy (non-hydrogen) atoms. The van der Waals surface area contributed by atoms with Crippen LogP contribution in [-0.2, 0) is 17.8 Å². The van der Waals surface area contributed by atoms with Crippen LogP contribution in [0.1, 0.15) is 17.5 Å². The maximum absolute atomic E-state index is 5.84.